The van der Waals surface area contributed by atoms with E-state index in [1.54, 1.807) is 22.5 Å². The second-order valence-electron chi connectivity index (χ2n) is 8.38. The lowest BCUT2D eigenvalue weighted by molar-refractivity contribution is 0.102. The highest BCUT2D eigenvalue weighted by molar-refractivity contribution is 7.89. The van der Waals surface area contributed by atoms with Crippen molar-refractivity contribution in [3.63, 3.8) is 0 Å². The molecule has 0 atom stereocenters. The fourth-order valence-corrected chi connectivity index (χ4v) is 6.35. The molecule has 0 saturated carbocycles. The van der Waals surface area contributed by atoms with Gasteiger partial charge in [0.1, 0.15) is 10.6 Å². The first-order valence-electron chi connectivity index (χ1n) is 11.1. The van der Waals surface area contributed by atoms with E-state index >= 15 is 0 Å². The topological polar surface area (TPSA) is 79.0 Å². The van der Waals surface area contributed by atoms with E-state index < -0.39 is 10.0 Å². The molecule has 2 saturated heterocycles. The molecule has 0 aromatic heterocycles. The van der Waals surface area contributed by atoms with Crippen LogP contribution in [-0.2, 0) is 10.0 Å². The number of ether oxygens (including phenoxy) is 1. The molecule has 0 radical (unpaired) electrons. The molecule has 0 bridgehead atoms. The molecule has 31 heavy (non-hydrogen) atoms. The molecule has 7 nitrogen and oxygen atoms in total. The van der Waals surface area contributed by atoms with E-state index in [1.807, 2.05) is 12.1 Å². The van der Waals surface area contributed by atoms with Crippen LogP contribution in [0.5, 0.6) is 11.5 Å². The normalized spacial score (nSPS) is 19.6. The Balaban J connectivity index is 1.65. The summed E-state index contributed by atoms with van der Waals surface area (Å²) in [6.45, 7) is 2.63. The summed E-state index contributed by atoms with van der Waals surface area (Å²) in [4.78, 5) is 15.3. The summed E-state index contributed by atoms with van der Waals surface area (Å²) >= 11 is 0. The summed E-state index contributed by atoms with van der Waals surface area (Å²) in [5.41, 5.74) is 1.45. The van der Waals surface area contributed by atoms with Gasteiger partial charge in [-0.3, -0.25) is 4.79 Å². The number of amides is 1. The van der Waals surface area contributed by atoms with Crippen LogP contribution in [0.1, 0.15) is 48.9 Å². The Bertz CT molecular complexity index is 1100. The summed E-state index contributed by atoms with van der Waals surface area (Å²) in [5, 5.41) is 2.85. The molecule has 3 aliphatic rings. The molecule has 0 unspecified atom stereocenters. The summed E-state index contributed by atoms with van der Waals surface area (Å²) in [5.74, 6) is 0.576. The maximum atomic E-state index is 13.7. The van der Waals surface area contributed by atoms with Gasteiger partial charge in [0.2, 0.25) is 10.0 Å². The van der Waals surface area contributed by atoms with Crippen molar-refractivity contribution in [2.75, 3.05) is 36.4 Å². The number of carbonyl (C=O) groups is 1. The summed E-state index contributed by atoms with van der Waals surface area (Å²) in [7, 11) is -3.72. The molecule has 1 amide bonds. The number of nitrogens with zero attached hydrogens (tertiary/aromatic N) is 2. The number of sulfonamides is 1. The number of rotatable bonds is 3. The zero-order valence-corrected chi connectivity index (χ0v) is 18.3. The maximum Gasteiger partial charge on any atom is 0.259 e. The number of carbonyl (C=O) groups excluding carboxylic acids is 1. The molecular weight excluding hydrogens is 414 g/mol. The van der Waals surface area contributed by atoms with Crippen molar-refractivity contribution in [2.24, 2.45) is 0 Å². The smallest absolute Gasteiger partial charge is 0.259 e. The lowest BCUT2D eigenvalue weighted by Crippen LogP contribution is -2.37. The quantitative estimate of drug-likeness (QED) is 0.772. The predicted molar refractivity (Wildman–Crippen MR) is 120 cm³/mol. The number of benzene rings is 2. The van der Waals surface area contributed by atoms with E-state index in [1.165, 1.54) is 6.07 Å². The first-order valence-corrected chi connectivity index (χ1v) is 12.5. The Morgan fingerprint density at radius 3 is 2.26 bits per heavy atom. The van der Waals surface area contributed by atoms with Crippen LogP contribution in [0.2, 0.25) is 0 Å². The Morgan fingerprint density at radius 2 is 1.52 bits per heavy atom. The van der Waals surface area contributed by atoms with Crippen molar-refractivity contribution < 1.29 is 17.9 Å². The number of fused-ring (bicyclic) bond motifs is 2. The highest BCUT2D eigenvalue weighted by Crippen LogP contribution is 2.41. The molecular formula is C23H27N3O4S. The molecule has 0 aliphatic carbocycles. The average molecular weight is 442 g/mol. The highest BCUT2D eigenvalue weighted by atomic mass is 32.2. The zero-order chi connectivity index (χ0) is 21.4. The minimum Gasteiger partial charge on any atom is -0.454 e. The Kier molecular flexibility index (Phi) is 5.35. The maximum absolute atomic E-state index is 13.7. The second kappa shape index (κ2) is 8.16. The van der Waals surface area contributed by atoms with Gasteiger partial charge in [-0.25, -0.2) is 8.42 Å². The molecule has 2 fully saturated rings. The van der Waals surface area contributed by atoms with Crippen LogP contribution in [0.3, 0.4) is 0 Å². The third-order valence-electron chi connectivity index (χ3n) is 6.29. The number of piperidine rings is 2. The van der Waals surface area contributed by atoms with E-state index in [-0.39, 0.29) is 16.4 Å². The highest BCUT2D eigenvalue weighted by Gasteiger charge is 2.33. The number of anilines is 2. The van der Waals surface area contributed by atoms with E-state index in [2.05, 4.69) is 10.2 Å². The van der Waals surface area contributed by atoms with Crippen LogP contribution in [0, 0.1) is 0 Å². The molecule has 1 N–H and O–H groups in total. The van der Waals surface area contributed by atoms with Crippen molar-refractivity contribution in [2.45, 2.75) is 43.4 Å². The minimum absolute atomic E-state index is 0.208. The van der Waals surface area contributed by atoms with Crippen LogP contribution in [0.4, 0.5) is 11.4 Å². The van der Waals surface area contributed by atoms with Gasteiger partial charge in [0.15, 0.2) is 5.75 Å². The second-order valence-corrected chi connectivity index (χ2v) is 10.3. The largest absolute Gasteiger partial charge is 0.454 e. The predicted octanol–water partition coefficient (Wildman–Crippen LogP) is 4.21. The van der Waals surface area contributed by atoms with Gasteiger partial charge >= 0.3 is 0 Å². The summed E-state index contributed by atoms with van der Waals surface area (Å²) in [6.07, 6.45) is 5.95. The molecule has 3 heterocycles. The molecule has 2 aromatic rings. The van der Waals surface area contributed by atoms with Crippen molar-refractivity contribution in [1.29, 1.82) is 0 Å². The van der Waals surface area contributed by atoms with Gasteiger partial charge in [0.25, 0.3) is 5.91 Å². The van der Waals surface area contributed by atoms with Crippen molar-refractivity contribution in [3.05, 3.63) is 42.0 Å². The average Bonchev–Trinajstić information content (AvgIpc) is 2.94. The van der Waals surface area contributed by atoms with E-state index in [0.29, 0.717) is 36.0 Å². The fourth-order valence-electron chi connectivity index (χ4n) is 4.61. The Hall–Kier alpha value is -2.58. The lowest BCUT2D eigenvalue weighted by Gasteiger charge is -2.33. The van der Waals surface area contributed by atoms with Crippen molar-refractivity contribution in [1.82, 2.24) is 4.31 Å². The van der Waals surface area contributed by atoms with Gasteiger partial charge in [-0.05, 0) is 50.3 Å². The molecule has 3 aliphatic heterocycles. The first kappa shape index (κ1) is 20.3. The first-order chi connectivity index (χ1) is 15.0. The van der Waals surface area contributed by atoms with Gasteiger partial charge in [0.05, 0.1) is 16.9 Å². The lowest BCUT2D eigenvalue weighted by atomic mass is 10.1. The van der Waals surface area contributed by atoms with Crippen LogP contribution < -0.4 is 15.0 Å². The minimum atomic E-state index is -3.72. The van der Waals surface area contributed by atoms with Crippen LogP contribution in [0.15, 0.2) is 41.3 Å². The monoisotopic (exact) mass is 441 g/mol. The SMILES string of the molecule is O=C1Nc2ccccc2Oc2cc(N3CCCCC3)c(S(=O)(=O)N3CCCCC3)cc21. The van der Waals surface area contributed by atoms with E-state index in [9.17, 15) is 13.2 Å². The van der Waals surface area contributed by atoms with Gasteiger partial charge < -0.3 is 15.0 Å². The van der Waals surface area contributed by atoms with Gasteiger partial charge in [0, 0.05) is 32.2 Å². The van der Waals surface area contributed by atoms with Crippen LogP contribution in [0.25, 0.3) is 0 Å². The standard InChI is InChI=1S/C23H27N3O4S/c27-23-17-15-22(31(28,29)26-13-7-2-8-14-26)19(25-11-5-1-6-12-25)16-21(17)30-20-10-4-3-9-18(20)24-23/h3-4,9-10,15-16H,1-2,5-8,11-14H2,(H,24,27). The van der Waals surface area contributed by atoms with Crippen LogP contribution >= 0.6 is 0 Å². The number of nitrogens with one attached hydrogen (secondary N) is 1. The molecule has 2 aromatic carbocycles. The fraction of sp³-hybridized carbons (Fsp3) is 0.435. The number of hydrogen-bond donors (Lipinski definition) is 1. The third kappa shape index (κ3) is 3.78. The number of hydrogen-bond acceptors (Lipinski definition) is 5. The summed E-state index contributed by atoms with van der Waals surface area (Å²) < 4.78 is 35.0. The molecule has 164 valence electrons. The molecule has 5 rings (SSSR count). The van der Waals surface area contributed by atoms with Gasteiger partial charge in [-0.15, -0.1) is 0 Å². The van der Waals surface area contributed by atoms with Crippen LogP contribution in [-0.4, -0.2) is 44.8 Å². The molecule has 8 heteroatoms. The zero-order valence-electron chi connectivity index (χ0n) is 17.5. The van der Waals surface area contributed by atoms with Gasteiger partial charge in [-0.2, -0.15) is 4.31 Å². The summed E-state index contributed by atoms with van der Waals surface area (Å²) in [6, 6.07) is 10.5. The van der Waals surface area contributed by atoms with Gasteiger partial charge in [-0.1, -0.05) is 18.6 Å². The number of para-hydroxylation sites is 2. The van der Waals surface area contributed by atoms with E-state index in [4.69, 9.17) is 4.74 Å². The Morgan fingerprint density at radius 1 is 0.839 bits per heavy atom. The van der Waals surface area contributed by atoms with Crippen molar-refractivity contribution in [3.8, 4) is 11.5 Å². The molecule has 0 spiro atoms. The third-order valence-corrected chi connectivity index (χ3v) is 8.22. The van der Waals surface area contributed by atoms with Crippen molar-refractivity contribution >= 4 is 27.3 Å². The Labute approximate surface area is 183 Å². The van der Waals surface area contributed by atoms with E-state index in [0.717, 1.165) is 51.6 Å².